The third kappa shape index (κ3) is 10.7. The molecule has 0 aliphatic carbocycles. The summed E-state index contributed by atoms with van der Waals surface area (Å²) in [6.07, 6.45) is 0.932. The molecule has 1 unspecified atom stereocenters. The lowest BCUT2D eigenvalue weighted by Crippen LogP contribution is -2.28. The van der Waals surface area contributed by atoms with Gasteiger partial charge in [-0.25, -0.2) is 0 Å². The molecular formula is C16H29Cl2N3O3. The summed E-state index contributed by atoms with van der Waals surface area (Å²) in [7, 11) is 5.61. The predicted molar refractivity (Wildman–Crippen MR) is 103 cm³/mol. The Morgan fingerprint density at radius 3 is 2.62 bits per heavy atom. The Kier molecular flexibility index (Phi) is 15.0. The first-order chi connectivity index (χ1) is 10.5. The van der Waals surface area contributed by atoms with Crippen LogP contribution in [-0.2, 0) is 9.53 Å². The summed E-state index contributed by atoms with van der Waals surface area (Å²) in [5.41, 5.74) is 6.22. The van der Waals surface area contributed by atoms with Gasteiger partial charge in [-0.1, -0.05) is 6.07 Å². The van der Waals surface area contributed by atoms with Crippen molar-refractivity contribution in [2.45, 2.75) is 18.9 Å². The van der Waals surface area contributed by atoms with Crippen LogP contribution in [-0.4, -0.2) is 57.8 Å². The second-order valence-electron chi connectivity index (χ2n) is 5.38. The molecule has 0 spiro atoms. The summed E-state index contributed by atoms with van der Waals surface area (Å²) >= 11 is 0. The van der Waals surface area contributed by atoms with Gasteiger partial charge >= 0.3 is 0 Å². The monoisotopic (exact) mass is 381 g/mol. The number of nitrogens with zero attached hydrogens (tertiary/aromatic N) is 1. The minimum Gasteiger partial charge on any atom is -0.493 e. The fourth-order valence-corrected chi connectivity index (χ4v) is 1.92. The number of carbonyl (C=O) groups excluding carboxylic acids is 1. The van der Waals surface area contributed by atoms with E-state index in [0.717, 1.165) is 18.7 Å². The van der Waals surface area contributed by atoms with Gasteiger partial charge in [0, 0.05) is 32.0 Å². The third-order valence-electron chi connectivity index (χ3n) is 3.15. The molecule has 3 N–H and O–H groups in total. The molecule has 0 saturated heterocycles. The Morgan fingerprint density at radius 2 is 2.04 bits per heavy atom. The van der Waals surface area contributed by atoms with Crippen molar-refractivity contribution >= 4 is 36.4 Å². The summed E-state index contributed by atoms with van der Waals surface area (Å²) in [5, 5.41) is 2.83. The van der Waals surface area contributed by atoms with Gasteiger partial charge in [0.25, 0.3) is 0 Å². The highest BCUT2D eigenvalue weighted by atomic mass is 35.5. The number of hydrogen-bond acceptors (Lipinski definition) is 5. The number of rotatable bonds is 10. The van der Waals surface area contributed by atoms with E-state index in [4.69, 9.17) is 15.2 Å². The van der Waals surface area contributed by atoms with Gasteiger partial charge in [-0.3, -0.25) is 4.79 Å². The Morgan fingerprint density at radius 1 is 1.33 bits per heavy atom. The van der Waals surface area contributed by atoms with Crippen molar-refractivity contribution in [2.75, 3.05) is 46.2 Å². The second-order valence-corrected chi connectivity index (χ2v) is 5.38. The Bertz CT molecular complexity index is 458. The van der Waals surface area contributed by atoms with E-state index < -0.39 is 0 Å². The fourth-order valence-electron chi connectivity index (χ4n) is 1.92. The molecule has 1 atom stereocenters. The Labute approximate surface area is 156 Å². The molecule has 1 amide bonds. The minimum absolute atomic E-state index is 0. The molecule has 8 heteroatoms. The van der Waals surface area contributed by atoms with Gasteiger partial charge in [0.1, 0.15) is 5.75 Å². The summed E-state index contributed by atoms with van der Waals surface area (Å²) < 4.78 is 10.8. The number of amides is 1. The normalized spacial score (nSPS) is 11.2. The standard InChI is InChI=1S/C16H27N3O3.2ClH/c1-19(2)8-5-9-22-14-7-4-6-13(10-14)18-16(20)11-15(12-17)21-3;;/h4,6-7,10,15H,5,8-9,11-12,17H2,1-3H3,(H,18,20);2*1H. The van der Waals surface area contributed by atoms with Gasteiger partial charge in [-0.05, 0) is 32.6 Å². The molecule has 1 rings (SSSR count). The second kappa shape index (κ2) is 14.3. The van der Waals surface area contributed by atoms with Gasteiger partial charge in [0.15, 0.2) is 0 Å². The SMILES string of the molecule is COC(CN)CC(=O)Nc1cccc(OCCCN(C)C)c1.Cl.Cl. The number of nitrogens with one attached hydrogen (secondary N) is 1. The number of anilines is 1. The van der Waals surface area contributed by atoms with Crippen LogP contribution >= 0.6 is 24.8 Å². The molecule has 0 aromatic heterocycles. The number of halogens is 2. The molecule has 0 heterocycles. The first kappa shape index (κ1) is 25.2. The van der Waals surface area contributed by atoms with Crippen LogP contribution in [0.3, 0.4) is 0 Å². The van der Waals surface area contributed by atoms with Crippen molar-refractivity contribution < 1.29 is 14.3 Å². The van der Waals surface area contributed by atoms with Crippen LogP contribution in [0.5, 0.6) is 5.75 Å². The van der Waals surface area contributed by atoms with E-state index in [-0.39, 0.29) is 43.2 Å². The van der Waals surface area contributed by atoms with Crippen molar-refractivity contribution in [3.05, 3.63) is 24.3 Å². The Balaban J connectivity index is 0. The van der Waals surface area contributed by atoms with Crippen LogP contribution < -0.4 is 15.8 Å². The van der Waals surface area contributed by atoms with Gasteiger partial charge in [-0.15, -0.1) is 24.8 Å². The van der Waals surface area contributed by atoms with Gasteiger partial charge in [-0.2, -0.15) is 0 Å². The van der Waals surface area contributed by atoms with Crippen LogP contribution in [0.15, 0.2) is 24.3 Å². The topological polar surface area (TPSA) is 76.8 Å². The number of methoxy groups -OCH3 is 1. The lowest BCUT2D eigenvalue weighted by Gasteiger charge is -2.13. The molecule has 0 radical (unpaired) electrons. The van der Waals surface area contributed by atoms with Crippen molar-refractivity contribution in [1.29, 1.82) is 0 Å². The highest BCUT2D eigenvalue weighted by Gasteiger charge is 2.11. The number of carbonyl (C=O) groups is 1. The first-order valence-electron chi connectivity index (χ1n) is 7.45. The van der Waals surface area contributed by atoms with Crippen molar-refractivity contribution in [1.82, 2.24) is 4.90 Å². The first-order valence-corrected chi connectivity index (χ1v) is 7.45. The van der Waals surface area contributed by atoms with Crippen LogP contribution in [0.1, 0.15) is 12.8 Å². The van der Waals surface area contributed by atoms with Gasteiger partial charge in [0.2, 0.25) is 5.91 Å². The molecule has 140 valence electrons. The zero-order chi connectivity index (χ0) is 16.4. The van der Waals surface area contributed by atoms with Crippen LogP contribution in [0.2, 0.25) is 0 Å². The zero-order valence-electron chi connectivity index (χ0n) is 14.5. The maximum Gasteiger partial charge on any atom is 0.227 e. The largest absolute Gasteiger partial charge is 0.493 e. The van der Waals surface area contributed by atoms with E-state index in [1.807, 2.05) is 38.4 Å². The number of hydrogen-bond donors (Lipinski definition) is 2. The molecule has 0 aliphatic heterocycles. The van der Waals surface area contributed by atoms with E-state index in [1.54, 1.807) is 7.11 Å². The van der Waals surface area contributed by atoms with Crippen LogP contribution in [0, 0.1) is 0 Å². The summed E-state index contributed by atoms with van der Waals surface area (Å²) in [6, 6.07) is 7.38. The third-order valence-corrected chi connectivity index (χ3v) is 3.15. The van der Waals surface area contributed by atoms with Crippen LogP contribution in [0.4, 0.5) is 5.69 Å². The molecule has 1 aromatic carbocycles. The molecule has 1 aromatic rings. The minimum atomic E-state index is -0.259. The Hall–Kier alpha value is -1.05. The number of nitrogens with two attached hydrogens (primary N) is 1. The van der Waals surface area contributed by atoms with Gasteiger partial charge < -0.3 is 25.4 Å². The highest BCUT2D eigenvalue weighted by molar-refractivity contribution is 5.91. The smallest absolute Gasteiger partial charge is 0.227 e. The summed E-state index contributed by atoms with van der Waals surface area (Å²) in [6.45, 7) is 1.95. The number of benzene rings is 1. The van der Waals surface area contributed by atoms with E-state index in [9.17, 15) is 4.79 Å². The van der Waals surface area contributed by atoms with Crippen molar-refractivity contribution in [2.24, 2.45) is 5.73 Å². The molecule has 6 nitrogen and oxygen atoms in total. The van der Waals surface area contributed by atoms with E-state index in [1.165, 1.54) is 0 Å². The molecule has 0 bridgehead atoms. The average Bonchev–Trinajstić information content (AvgIpc) is 2.49. The summed E-state index contributed by atoms with van der Waals surface area (Å²) in [5.74, 6) is 0.626. The predicted octanol–water partition coefficient (Wildman–Crippen LogP) is 2.16. The lowest BCUT2D eigenvalue weighted by molar-refractivity contribution is -0.118. The molecule has 0 fully saturated rings. The summed E-state index contributed by atoms with van der Waals surface area (Å²) in [4.78, 5) is 14.0. The molecule has 0 aliphatic rings. The fraction of sp³-hybridized carbons (Fsp3) is 0.562. The van der Waals surface area contributed by atoms with Crippen molar-refractivity contribution in [3.8, 4) is 5.75 Å². The van der Waals surface area contributed by atoms with E-state index in [2.05, 4.69) is 10.2 Å². The maximum absolute atomic E-state index is 11.9. The molecule has 24 heavy (non-hydrogen) atoms. The molecular weight excluding hydrogens is 353 g/mol. The highest BCUT2D eigenvalue weighted by Crippen LogP contribution is 2.18. The van der Waals surface area contributed by atoms with Crippen molar-refractivity contribution in [3.63, 3.8) is 0 Å². The van der Waals surface area contributed by atoms with E-state index in [0.29, 0.717) is 18.8 Å². The average molecular weight is 382 g/mol. The quantitative estimate of drug-likeness (QED) is 0.607. The van der Waals surface area contributed by atoms with Gasteiger partial charge in [0.05, 0.1) is 19.1 Å². The maximum atomic E-state index is 11.9. The van der Waals surface area contributed by atoms with E-state index >= 15 is 0 Å². The number of ether oxygens (including phenoxy) is 2. The molecule has 0 saturated carbocycles. The zero-order valence-corrected chi connectivity index (χ0v) is 16.1. The lowest BCUT2D eigenvalue weighted by atomic mass is 10.2. The van der Waals surface area contributed by atoms with Crippen LogP contribution in [0.25, 0.3) is 0 Å².